The Morgan fingerprint density at radius 3 is 2.52 bits per heavy atom. The van der Waals surface area contributed by atoms with Crippen LogP contribution in [0.5, 0.6) is 5.75 Å². The van der Waals surface area contributed by atoms with Gasteiger partial charge in [0.25, 0.3) is 6.01 Å². The third kappa shape index (κ3) is 4.47. The highest BCUT2D eigenvalue weighted by molar-refractivity contribution is 5.85. The molecule has 156 valence electrons. The molecule has 7 heteroatoms. The summed E-state index contributed by atoms with van der Waals surface area (Å²) in [6.45, 7) is 3.06. The molecule has 1 saturated heterocycles. The van der Waals surface area contributed by atoms with Gasteiger partial charge >= 0.3 is 0 Å². The van der Waals surface area contributed by atoms with Crippen molar-refractivity contribution in [1.29, 1.82) is 0 Å². The smallest absolute Gasteiger partial charge is 0.298 e. The number of hydrogen-bond donors (Lipinski definition) is 0. The van der Waals surface area contributed by atoms with Crippen molar-refractivity contribution in [1.82, 2.24) is 9.88 Å². The van der Waals surface area contributed by atoms with Gasteiger partial charge in [-0.25, -0.2) is 0 Å². The van der Waals surface area contributed by atoms with Crippen LogP contribution < -0.4 is 9.64 Å². The first-order valence-corrected chi connectivity index (χ1v) is 9.81. The summed E-state index contributed by atoms with van der Waals surface area (Å²) < 4.78 is 12.1. The minimum absolute atomic E-state index is 0. The average molecular weight is 436 g/mol. The van der Waals surface area contributed by atoms with Crippen molar-refractivity contribution in [3.8, 4) is 5.75 Å². The van der Waals surface area contributed by atoms with Crippen LogP contribution in [-0.2, 0) is 6.42 Å². The number of halogens is 2. The minimum atomic E-state index is 0. The van der Waals surface area contributed by atoms with Crippen molar-refractivity contribution >= 4 is 41.9 Å². The Kier molecular flexibility index (Phi) is 6.93. The summed E-state index contributed by atoms with van der Waals surface area (Å²) in [4.78, 5) is 9.29. The fraction of sp³-hybridized carbons (Fsp3) is 0.409. The van der Waals surface area contributed by atoms with Crippen LogP contribution in [0.15, 0.2) is 52.9 Å². The van der Waals surface area contributed by atoms with Gasteiger partial charge in [0.15, 0.2) is 11.8 Å². The molecule has 3 aromatic rings. The Morgan fingerprint density at radius 2 is 1.76 bits per heavy atom. The normalized spacial score (nSPS) is 18.8. The number of ether oxygens (including phenoxy) is 1. The second-order valence-electron chi connectivity index (χ2n) is 7.72. The number of fused-ring (bicyclic) bond motifs is 2. The highest BCUT2D eigenvalue weighted by atomic mass is 35.5. The molecule has 0 N–H and O–H groups in total. The van der Waals surface area contributed by atoms with E-state index < -0.39 is 0 Å². The molecule has 0 radical (unpaired) electrons. The monoisotopic (exact) mass is 435 g/mol. The summed E-state index contributed by atoms with van der Waals surface area (Å²) >= 11 is 0. The highest BCUT2D eigenvalue weighted by Gasteiger charge is 2.29. The molecule has 1 unspecified atom stereocenters. The molecule has 0 saturated carbocycles. The van der Waals surface area contributed by atoms with Gasteiger partial charge in [-0.1, -0.05) is 30.3 Å². The molecule has 5 nitrogen and oxygen atoms in total. The van der Waals surface area contributed by atoms with Gasteiger partial charge in [0.2, 0.25) is 0 Å². The number of oxazole rings is 1. The molecular formula is C22H27Cl2N3O2. The van der Waals surface area contributed by atoms with E-state index in [0.717, 1.165) is 61.8 Å². The number of aromatic nitrogens is 1. The van der Waals surface area contributed by atoms with Crippen LogP contribution in [0.3, 0.4) is 0 Å². The summed E-state index contributed by atoms with van der Waals surface area (Å²) in [7, 11) is 2.18. The molecule has 1 atom stereocenters. The predicted octanol–water partition coefficient (Wildman–Crippen LogP) is 4.78. The van der Waals surface area contributed by atoms with E-state index in [0.29, 0.717) is 5.92 Å². The number of anilines is 1. The summed E-state index contributed by atoms with van der Waals surface area (Å²) in [6, 6.07) is 17.1. The van der Waals surface area contributed by atoms with Crippen LogP contribution in [-0.4, -0.2) is 42.8 Å². The van der Waals surface area contributed by atoms with E-state index >= 15 is 0 Å². The Bertz CT molecular complexity index is 882. The van der Waals surface area contributed by atoms with Crippen molar-refractivity contribution in [3.63, 3.8) is 0 Å². The van der Waals surface area contributed by atoms with Gasteiger partial charge < -0.3 is 14.1 Å². The van der Waals surface area contributed by atoms with E-state index in [1.807, 2.05) is 30.3 Å². The quantitative estimate of drug-likeness (QED) is 0.589. The zero-order valence-corrected chi connectivity index (χ0v) is 18.1. The first kappa shape index (κ1) is 21.8. The summed E-state index contributed by atoms with van der Waals surface area (Å²) in [5, 5.41) is 0. The first-order valence-electron chi connectivity index (χ1n) is 9.81. The van der Waals surface area contributed by atoms with Crippen molar-refractivity contribution < 1.29 is 9.15 Å². The topological polar surface area (TPSA) is 41.7 Å². The number of para-hydroxylation sites is 3. The summed E-state index contributed by atoms with van der Waals surface area (Å²) in [6.07, 6.45) is 3.46. The second kappa shape index (κ2) is 9.24. The molecule has 0 bridgehead atoms. The van der Waals surface area contributed by atoms with E-state index in [1.165, 1.54) is 5.56 Å². The fourth-order valence-corrected chi connectivity index (χ4v) is 4.24. The molecule has 5 rings (SSSR count). The van der Waals surface area contributed by atoms with Gasteiger partial charge in [-0.15, -0.1) is 24.8 Å². The van der Waals surface area contributed by atoms with Gasteiger partial charge in [-0.3, -0.25) is 4.90 Å². The van der Waals surface area contributed by atoms with Crippen LogP contribution in [0.1, 0.15) is 18.4 Å². The van der Waals surface area contributed by atoms with Gasteiger partial charge in [0, 0.05) is 26.1 Å². The molecule has 0 amide bonds. The zero-order valence-electron chi connectivity index (χ0n) is 16.5. The largest absolute Gasteiger partial charge is 0.474 e. The van der Waals surface area contributed by atoms with Crippen molar-refractivity contribution in [2.24, 2.45) is 5.92 Å². The standard InChI is InChI=1S/C22H25N3O2.2ClH/c1-24(21-14-17-6-2-4-8-19(17)26-21)15-16-10-12-25(13-11-16)22-23-18-7-3-5-9-20(18)27-22;;/h2-9,16,21H,10-15H2,1H3;2*1H. The number of rotatable bonds is 4. The lowest BCUT2D eigenvalue weighted by Gasteiger charge is -2.34. The SMILES string of the molecule is CN(CC1CCN(c2nc3ccccc3o2)CC1)C1Cc2ccccc2O1.Cl.Cl. The summed E-state index contributed by atoms with van der Waals surface area (Å²) in [5.41, 5.74) is 3.12. The molecule has 2 aromatic carbocycles. The number of hydrogen-bond acceptors (Lipinski definition) is 5. The Hall–Kier alpha value is -1.95. The van der Waals surface area contributed by atoms with Gasteiger partial charge in [0.05, 0.1) is 0 Å². The second-order valence-corrected chi connectivity index (χ2v) is 7.72. The van der Waals surface area contributed by atoms with Crippen molar-refractivity contribution in [2.75, 3.05) is 31.6 Å². The lowest BCUT2D eigenvalue weighted by molar-refractivity contribution is 0.0489. The maximum atomic E-state index is 6.12. The van der Waals surface area contributed by atoms with Crippen LogP contribution in [0, 0.1) is 5.92 Å². The van der Waals surface area contributed by atoms with E-state index in [1.54, 1.807) is 0 Å². The predicted molar refractivity (Wildman–Crippen MR) is 121 cm³/mol. The molecule has 2 aliphatic rings. The molecular weight excluding hydrogens is 409 g/mol. The number of piperidine rings is 1. The number of likely N-dealkylation sites (N-methyl/N-ethyl adjacent to an activating group) is 1. The molecule has 3 heterocycles. The van der Waals surface area contributed by atoms with Gasteiger partial charge in [-0.2, -0.15) is 4.98 Å². The Balaban J connectivity index is 0.00000120. The van der Waals surface area contributed by atoms with Gasteiger partial charge in [0.1, 0.15) is 11.3 Å². The lowest BCUT2D eigenvalue weighted by Crippen LogP contribution is -2.42. The molecule has 0 spiro atoms. The Morgan fingerprint density at radius 1 is 1.03 bits per heavy atom. The molecule has 1 fully saturated rings. The Labute approximate surface area is 183 Å². The number of benzene rings is 2. The molecule has 1 aromatic heterocycles. The minimum Gasteiger partial charge on any atom is -0.474 e. The third-order valence-electron chi connectivity index (χ3n) is 5.84. The van der Waals surface area contributed by atoms with Crippen LogP contribution in [0.2, 0.25) is 0 Å². The van der Waals surface area contributed by atoms with Crippen molar-refractivity contribution in [3.05, 3.63) is 54.1 Å². The lowest BCUT2D eigenvalue weighted by atomic mass is 9.96. The maximum Gasteiger partial charge on any atom is 0.298 e. The summed E-state index contributed by atoms with van der Waals surface area (Å²) in [5.74, 6) is 1.73. The highest BCUT2D eigenvalue weighted by Crippen LogP contribution is 2.31. The molecule has 0 aliphatic carbocycles. The maximum absolute atomic E-state index is 6.12. The van der Waals surface area contributed by atoms with Gasteiger partial charge in [-0.05, 0) is 49.6 Å². The zero-order chi connectivity index (χ0) is 18.2. The van der Waals surface area contributed by atoms with E-state index in [2.05, 4.69) is 40.0 Å². The van der Waals surface area contributed by atoms with Crippen LogP contribution in [0.25, 0.3) is 11.1 Å². The van der Waals surface area contributed by atoms with E-state index in [4.69, 9.17) is 9.15 Å². The molecule has 29 heavy (non-hydrogen) atoms. The van der Waals surface area contributed by atoms with E-state index in [9.17, 15) is 0 Å². The average Bonchev–Trinajstić information content (AvgIpc) is 3.32. The number of nitrogens with zero attached hydrogens (tertiary/aromatic N) is 3. The van der Waals surface area contributed by atoms with Crippen LogP contribution in [0.4, 0.5) is 6.01 Å². The molecule has 2 aliphatic heterocycles. The van der Waals surface area contributed by atoms with Crippen LogP contribution >= 0.6 is 24.8 Å². The third-order valence-corrected chi connectivity index (χ3v) is 5.84. The van der Waals surface area contributed by atoms with E-state index in [-0.39, 0.29) is 31.0 Å². The fourth-order valence-electron chi connectivity index (χ4n) is 4.24. The first-order chi connectivity index (χ1) is 13.3. The van der Waals surface area contributed by atoms with Crippen molar-refractivity contribution in [2.45, 2.75) is 25.5 Å².